The third kappa shape index (κ3) is 5.10. The molecule has 2 aliphatic heterocycles. The third-order valence-corrected chi connectivity index (χ3v) is 21.1. The molecule has 338 valence electrons. The van der Waals surface area contributed by atoms with E-state index in [1.807, 2.05) is 0 Å². The lowest BCUT2D eigenvalue weighted by molar-refractivity contribution is -0.00526. The van der Waals surface area contributed by atoms with Crippen LogP contribution in [0.3, 0.4) is 0 Å². The quantitative estimate of drug-likeness (QED) is 0.160. The predicted octanol–water partition coefficient (Wildman–Crippen LogP) is 15.2. The minimum atomic E-state index is -0.110. The van der Waals surface area contributed by atoms with Gasteiger partial charge in [-0.1, -0.05) is 98.8 Å². The second-order valence-corrected chi connectivity index (χ2v) is 25.4. The van der Waals surface area contributed by atoms with Crippen LogP contribution in [0.1, 0.15) is 119 Å². The van der Waals surface area contributed by atoms with Crippen LogP contribution in [0.2, 0.25) is 0 Å². The first-order valence-electron chi connectivity index (χ1n) is 27.2. The first-order valence-corrected chi connectivity index (χ1v) is 27.2. The van der Waals surface area contributed by atoms with E-state index in [2.05, 4.69) is 164 Å². The van der Waals surface area contributed by atoms with E-state index in [-0.39, 0.29) is 17.7 Å². The van der Waals surface area contributed by atoms with Crippen LogP contribution in [-0.4, -0.2) is 11.4 Å². The van der Waals surface area contributed by atoms with Crippen molar-refractivity contribution in [2.45, 2.75) is 114 Å². The summed E-state index contributed by atoms with van der Waals surface area (Å²) in [6.07, 6.45) is 17.2. The zero-order valence-electron chi connectivity index (χ0n) is 40.6. The highest BCUT2D eigenvalue weighted by molar-refractivity contribution is 6.93. The van der Waals surface area contributed by atoms with E-state index in [1.165, 1.54) is 177 Å². The summed E-state index contributed by atoms with van der Waals surface area (Å²) in [4.78, 5) is 2.82. The lowest BCUT2D eigenvalue weighted by Crippen LogP contribution is -2.61. The molecule has 0 atom stereocenters. The van der Waals surface area contributed by atoms with Gasteiger partial charge in [0.1, 0.15) is 0 Å². The maximum absolute atomic E-state index is 2.82. The van der Waals surface area contributed by atoms with Gasteiger partial charge < -0.3 is 9.38 Å². The molecule has 8 bridgehead atoms. The average Bonchev–Trinajstić information content (AvgIpc) is 3.79. The average molecular weight is 893 g/mol. The van der Waals surface area contributed by atoms with Gasteiger partial charge in [0.15, 0.2) is 0 Å². The van der Waals surface area contributed by atoms with E-state index < -0.39 is 0 Å². The summed E-state index contributed by atoms with van der Waals surface area (Å²) in [6.45, 7) is 7.28. The van der Waals surface area contributed by atoms with Crippen molar-refractivity contribution in [3.05, 3.63) is 161 Å². The highest BCUT2D eigenvalue weighted by atomic mass is 15.1. The maximum atomic E-state index is 2.82. The number of hydrogen-bond donors (Lipinski definition) is 0. The molecule has 7 aromatic carbocycles. The Labute approximate surface area is 408 Å². The molecule has 2 nitrogen and oxygen atoms in total. The minimum absolute atomic E-state index is 0.0198. The topological polar surface area (TPSA) is 8.17 Å². The standard InChI is InChI=1S/C66H61BN2/c1-38-19-54-53-30-51-50-11-7-8-12-56(50)64(2,3)57(51)31-60(53)69(49-16-13-46(14-17-49)45-9-5-4-6-10-45)67-58-29-48(66-35-42-24-43(36-66)26-44(25-42)37-66)28-55-52-27-47(65-32-39-21-40(33-65)23-41(22-39)34-65)15-18-59(52)68(63(55)58)61(20-38)62(54)67/h4-20,27-31,39-44H,21-26,32-37H2,1-3H3. The molecule has 0 radical (unpaired) electrons. The summed E-state index contributed by atoms with van der Waals surface area (Å²) in [5.41, 5.74) is 26.0. The van der Waals surface area contributed by atoms with Gasteiger partial charge in [0.2, 0.25) is 0 Å². The predicted molar refractivity (Wildman–Crippen MR) is 287 cm³/mol. The molecule has 19 rings (SSSR count). The van der Waals surface area contributed by atoms with Gasteiger partial charge in [0.05, 0.1) is 11.0 Å². The second kappa shape index (κ2) is 13.1. The van der Waals surface area contributed by atoms with Gasteiger partial charge in [0.25, 0.3) is 0 Å². The van der Waals surface area contributed by atoms with E-state index in [0.717, 1.165) is 35.5 Å². The number of nitrogens with zero attached hydrogens (tertiary/aromatic N) is 2. The summed E-state index contributed by atoms with van der Waals surface area (Å²) >= 11 is 0. The first kappa shape index (κ1) is 39.0. The van der Waals surface area contributed by atoms with Gasteiger partial charge in [-0.2, -0.15) is 0 Å². The van der Waals surface area contributed by atoms with Crippen molar-refractivity contribution in [1.29, 1.82) is 0 Å². The van der Waals surface area contributed by atoms with Crippen molar-refractivity contribution in [1.82, 2.24) is 4.57 Å². The zero-order valence-corrected chi connectivity index (χ0v) is 40.6. The fourth-order valence-corrected chi connectivity index (χ4v) is 19.1. The number of aryl methyl sites for hydroxylation is 1. The molecule has 0 amide bonds. The van der Waals surface area contributed by atoms with Gasteiger partial charge in [-0.15, -0.1) is 0 Å². The molecule has 3 heteroatoms. The Morgan fingerprint density at radius 1 is 0.478 bits per heavy atom. The van der Waals surface area contributed by atoms with Crippen LogP contribution in [0.5, 0.6) is 0 Å². The van der Waals surface area contributed by atoms with Gasteiger partial charge in [-0.3, -0.25) is 0 Å². The molecular weight excluding hydrogens is 832 g/mol. The molecule has 69 heavy (non-hydrogen) atoms. The third-order valence-electron chi connectivity index (χ3n) is 21.1. The normalized spacial score (nSPS) is 29.7. The van der Waals surface area contributed by atoms with Crippen LogP contribution in [0.25, 0.3) is 60.9 Å². The van der Waals surface area contributed by atoms with Crippen LogP contribution < -0.4 is 15.7 Å². The smallest absolute Gasteiger partial charge is 0.333 e. The number of rotatable bonds is 4. The molecule has 8 fully saturated rings. The molecule has 0 N–H and O–H groups in total. The van der Waals surface area contributed by atoms with Gasteiger partial charge >= 0.3 is 6.85 Å². The largest absolute Gasteiger partial charge is 0.376 e. The molecule has 3 heterocycles. The SMILES string of the molecule is Cc1cc2c3c(c1)-n1c4ccc(C56CC7CC(CC(C7)C5)C6)cc4c4cc(C56CC7CC(CC(C7)C5)C6)cc(c41)B3N(c1ccc(-c3ccccc3)cc1)c1cc3c(cc1-2)-c1ccccc1C3(C)C. The van der Waals surface area contributed by atoms with Crippen LogP contribution in [0.4, 0.5) is 11.4 Å². The Kier molecular flexibility index (Phi) is 7.42. The Bertz CT molecular complexity index is 3500. The molecule has 0 spiro atoms. The zero-order chi connectivity index (χ0) is 45.3. The molecule has 0 saturated heterocycles. The van der Waals surface area contributed by atoms with Crippen molar-refractivity contribution < 1.29 is 0 Å². The molecule has 11 aliphatic rings. The summed E-state index contributed by atoms with van der Waals surface area (Å²) in [6, 6.07) is 53.9. The van der Waals surface area contributed by atoms with Crippen molar-refractivity contribution >= 4 is 51.0 Å². The van der Waals surface area contributed by atoms with Gasteiger partial charge in [0, 0.05) is 38.8 Å². The molecule has 9 aliphatic carbocycles. The second-order valence-electron chi connectivity index (χ2n) is 25.4. The van der Waals surface area contributed by atoms with Gasteiger partial charge in [-0.05, 0) is 245 Å². The highest BCUT2D eigenvalue weighted by Crippen LogP contribution is 2.63. The molecule has 0 unspecified atom stereocenters. The van der Waals surface area contributed by atoms with Crippen molar-refractivity contribution in [3.8, 4) is 39.1 Å². The molecular formula is C66H61BN2. The number of anilines is 2. The number of fused-ring (bicyclic) bond motifs is 10. The summed E-state index contributed by atoms with van der Waals surface area (Å²) in [5.74, 6) is 5.44. The van der Waals surface area contributed by atoms with E-state index in [9.17, 15) is 0 Å². The maximum Gasteiger partial charge on any atom is 0.333 e. The number of hydrogen-bond acceptors (Lipinski definition) is 1. The monoisotopic (exact) mass is 892 g/mol. The lowest BCUT2D eigenvalue weighted by Gasteiger charge is -2.57. The highest BCUT2D eigenvalue weighted by Gasteiger charge is 2.54. The summed E-state index contributed by atoms with van der Waals surface area (Å²) in [7, 11) is 0. The Morgan fingerprint density at radius 2 is 1.09 bits per heavy atom. The van der Waals surface area contributed by atoms with E-state index in [0.29, 0.717) is 5.41 Å². The van der Waals surface area contributed by atoms with Crippen molar-refractivity contribution in [3.63, 3.8) is 0 Å². The Hall–Kier alpha value is -5.80. The van der Waals surface area contributed by atoms with Crippen LogP contribution in [0.15, 0.2) is 133 Å². The minimum Gasteiger partial charge on any atom is -0.376 e. The van der Waals surface area contributed by atoms with E-state index in [4.69, 9.17) is 0 Å². The van der Waals surface area contributed by atoms with Crippen LogP contribution in [0, 0.1) is 42.4 Å². The Morgan fingerprint density at radius 3 is 1.77 bits per heavy atom. The molecule has 8 saturated carbocycles. The summed E-state index contributed by atoms with van der Waals surface area (Å²) in [5, 5.41) is 3.03. The summed E-state index contributed by atoms with van der Waals surface area (Å²) < 4.78 is 2.78. The first-order chi connectivity index (χ1) is 33.7. The molecule has 8 aromatic rings. The number of aromatic nitrogens is 1. The van der Waals surface area contributed by atoms with Crippen molar-refractivity contribution in [2.24, 2.45) is 35.5 Å². The van der Waals surface area contributed by atoms with Crippen LogP contribution in [-0.2, 0) is 16.2 Å². The molecule has 1 aromatic heterocycles. The fourth-order valence-electron chi connectivity index (χ4n) is 19.1. The van der Waals surface area contributed by atoms with Crippen molar-refractivity contribution in [2.75, 3.05) is 4.81 Å². The van der Waals surface area contributed by atoms with Crippen LogP contribution >= 0.6 is 0 Å². The Balaban J connectivity index is 0.966. The lowest BCUT2D eigenvalue weighted by atomic mass is 9.42. The van der Waals surface area contributed by atoms with E-state index >= 15 is 0 Å². The van der Waals surface area contributed by atoms with Gasteiger partial charge in [-0.25, -0.2) is 0 Å². The fraction of sp³-hybridized carbons (Fsp3) is 0.364. The van der Waals surface area contributed by atoms with E-state index in [1.54, 1.807) is 11.1 Å². The number of benzene rings is 7.